The number of hydrogen-bond acceptors (Lipinski definition) is 4. The van der Waals surface area contributed by atoms with E-state index >= 15 is 0 Å². The topological polar surface area (TPSA) is 69.0 Å². The number of halogens is 3. The van der Waals surface area contributed by atoms with Crippen LogP contribution in [0.2, 0.25) is 0 Å². The zero-order chi connectivity index (χ0) is 18.6. The normalized spacial score (nSPS) is 11.2. The third-order valence-electron chi connectivity index (χ3n) is 3.28. The number of carbonyl (C=O) groups excluding carboxylic acids is 1. The fourth-order valence-electron chi connectivity index (χ4n) is 2.22. The Morgan fingerprint density at radius 2 is 1.88 bits per heavy atom. The van der Waals surface area contributed by atoms with Crippen LogP contribution in [0.5, 0.6) is 5.75 Å². The Kier molecular flexibility index (Phi) is 4.87. The van der Waals surface area contributed by atoms with Crippen molar-refractivity contribution in [2.75, 3.05) is 5.32 Å². The summed E-state index contributed by atoms with van der Waals surface area (Å²) in [6.07, 6.45) is -3.35. The highest BCUT2D eigenvalue weighted by Crippen LogP contribution is 2.25. The van der Waals surface area contributed by atoms with Gasteiger partial charge in [-0.15, -0.1) is 18.3 Å². The van der Waals surface area contributed by atoms with E-state index in [1.54, 1.807) is 0 Å². The van der Waals surface area contributed by atoms with E-state index in [1.807, 2.05) is 30.3 Å². The lowest BCUT2D eigenvalue weighted by Crippen LogP contribution is -2.17. The van der Waals surface area contributed by atoms with Gasteiger partial charge in [0.25, 0.3) is 5.91 Å². The lowest BCUT2D eigenvalue weighted by atomic mass is 10.2. The van der Waals surface area contributed by atoms with Crippen molar-refractivity contribution in [3.8, 4) is 5.75 Å². The molecule has 6 nitrogen and oxygen atoms in total. The van der Waals surface area contributed by atoms with Gasteiger partial charge in [-0.1, -0.05) is 41.6 Å². The molecule has 0 fully saturated rings. The molecule has 0 saturated heterocycles. The van der Waals surface area contributed by atoms with Crippen LogP contribution in [0.15, 0.2) is 60.8 Å². The minimum absolute atomic E-state index is 0.0445. The van der Waals surface area contributed by atoms with Crippen molar-refractivity contribution in [1.29, 1.82) is 0 Å². The first-order chi connectivity index (χ1) is 12.4. The average molecular weight is 362 g/mol. The molecule has 1 N–H and O–H groups in total. The van der Waals surface area contributed by atoms with Crippen LogP contribution in [0.25, 0.3) is 0 Å². The molecule has 0 bridgehead atoms. The minimum atomic E-state index is -4.80. The number of aromatic nitrogens is 3. The Bertz CT molecular complexity index is 894. The third kappa shape index (κ3) is 4.82. The maximum Gasteiger partial charge on any atom is 0.573 e. The van der Waals surface area contributed by atoms with E-state index in [0.717, 1.165) is 17.7 Å². The first-order valence-electron chi connectivity index (χ1n) is 7.50. The van der Waals surface area contributed by atoms with E-state index in [4.69, 9.17) is 0 Å². The highest BCUT2D eigenvalue weighted by molar-refractivity contribution is 6.02. The molecule has 2 aromatic carbocycles. The van der Waals surface area contributed by atoms with Gasteiger partial charge in [0.2, 0.25) is 0 Å². The lowest BCUT2D eigenvalue weighted by Gasteiger charge is -2.10. The summed E-state index contributed by atoms with van der Waals surface area (Å²) in [6.45, 7) is 0.441. The molecule has 0 aliphatic heterocycles. The molecular formula is C17H13F3N4O2. The van der Waals surface area contributed by atoms with Crippen LogP contribution in [0.1, 0.15) is 16.1 Å². The van der Waals surface area contributed by atoms with Crippen molar-refractivity contribution in [3.63, 3.8) is 0 Å². The number of nitrogens with zero attached hydrogens (tertiary/aromatic N) is 3. The maximum atomic E-state index is 12.3. The molecule has 0 spiro atoms. The predicted molar refractivity (Wildman–Crippen MR) is 86.6 cm³/mol. The Balaban J connectivity index is 1.66. The Hall–Kier alpha value is -3.36. The summed E-state index contributed by atoms with van der Waals surface area (Å²) in [4.78, 5) is 12.2. The molecule has 0 radical (unpaired) electrons. The number of amides is 1. The van der Waals surface area contributed by atoms with Gasteiger partial charge in [-0.2, -0.15) is 0 Å². The molecule has 0 atom stereocenters. The second kappa shape index (κ2) is 7.26. The van der Waals surface area contributed by atoms with Gasteiger partial charge >= 0.3 is 6.36 Å². The van der Waals surface area contributed by atoms with Crippen LogP contribution in [-0.2, 0) is 6.54 Å². The van der Waals surface area contributed by atoms with Crippen molar-refractivity contribution in [1.82, 2.24) is 15.0 Å². The summed E-state index contributed by atoms with van der Waals surface area (Å²) in [5.74, 6) is -1.02. The van der Waals surface area contributed by atoms with Crippen LogP contribution in [-0.4, -0.2) is 27.3 Å². The highest BCUT2D eigenvalue weighted by atomic mass is 19.4. The van der Waals surface area contributed by atoms with Crippen LogP contribution in [0.3, 0.4) is 0 Å². The van der Waals surface area contributed by atoms with Crippen molar-refractivity contribution < 1.29 is 22.7 Å². The number of alkyl halides is 3. The first kappa shape index (κ1) is 17.5. The van der Waals surface area contributed by atoms with E-state index in [2.05, 4.69) is 20.4 Å². The zero-order valence-corrected chi connectivity index (χ0v) is 13.3. The predicted octanol–water partition coefficient (Wildman–Crippen LogP) is 3.48. The Morgan fingerprint density at radius 1 is 1.12 bits per heavy atom. The summed E-state index contributed by atoms with van der Waals surface area (Å²) in [6, 6.07) is 14.5. The minimum Gasteiger partial charge on any atom is -0.406 e. The molecule has 1 amide bonds. The van der Waals surface area contributed by atoms with Crippen LogP contribution < -0.4 is 10.1 Å². The Labute approximate surface area is 146 Å². The molecule has 0 aliphatic rings. The van der Waals surface area contributed by atoms with Gasteiger partial charge < -0.3 is 10.1 Å². The molecule has 1 aromatic heterocycles. The second-order valence-corrected chi connectivity index (χ2v) is 5.32. The van der Waals surface area contributed by atoms with Crippen LogP contribution in [0, 0.1) is 0 Å². The van der Waals surface area contributed by atoms with Gasteiger partial charge in [-0.3, -0.25) is 4.79 Å². The summed E-state index contributed by atoms with van der Waals surface area (Å²) in [7, 11) is 0. The molecule has 0 unspecified atom stereocenters. The molecule has 9 heteroatoms. The van der Waals surface area contributed by atoms with Crippen molar-refractivity contribution in [3.05, 3.63) is 72.1 Å². The molecule has 26 heavy (non-hydrogen) atoms. The largest absolute Gasteiger partial charge is 0.573 e. The third-order valence-corrected chi connectivity index (χ3v) is 3.28. The highest BCUT2D eigenvalue weighted by Gasteiger charge is 2.31. The zero-order valence-electron chi connectivity index (χ0n) is 13.3. The van der Waals surface area contributed by atoms with Gasteiger partial charge in [-0.25, -0.2) is 4.68 Å². The number of carbonyl (C=O) groups is 1. The summed E-state index contributed by atoms with van der Waals surface area (Å²) in [5.41, 5.74) is 1.18. The van der Waals surface area contributed by atoms with Crippen LogP contribution in [0.4, 0.5) is 18.9 Å². The fraction of sp³-hybridized carbons (Fsp3) is 0.118. The lowest BCUT2D eigenvalue weighted by molar-refractivity contribution is -0.274. The van der Waals surface area contributed by atoms with Gasteiger partial charge in [0.15, 0.2) is 5.69 Å². The van der Waals surface area contributed by atoms with E-state index in [9.17, 15) is 18.0 Å². The monoisotopic (exact) mass is 362 g/mol. The SMILES string of the molecule is O=C(Nc1cccc(OC(F)(F)F)c1)c1cn(Cc2ccccc2)nn1. The fourth-order valence-corrected chi connectivity index (χ4v) is 2.22. The first-order valence-corrected chi connectivity index (χ1v) is 7.50. The number of ether oxygens (including phenoxy) is 1. The number of nitrogens with one attached hydrogen (secondary N) is 1. The van der Waals surface area contributed by atoms with Crippen molar-refractivity contribution in [2.24, 2.45) is 0 Å². The van der Waals surface area contributed by atoms with Crippen molar-refractivity contribution in [2.45, 2.75) is 12.9 Å². The van der Waals surface area contributed by atoms with E-state index in [1.165, 1.54) is 23.0 Å². The molecular weight excluding hydrogens is 349 g/mol. The van der Waals surface area contributed by atoms with Crippen LogP contribution >= 0.6 is 0 Å². The van der Waals surface area contributed by atoms with E-state index < -0.39 is 18.0 Å². The molecule has 3 rings (SSSR count). The quantitative estimate of drug-likeness (QED) is 0.755. The number of benzene rings is 2. The number of hydrogen-bond donors (Lipinski definition) is 1. The Morgan fingerprint density at radius 3 is 2.62 bits per heavy atom. The summed E-state index contributed by atoms with van der Waals surface area (Å²) in [5, 5.41) is 10.1. The summed E-state index contributed by atoms with van der Waals surface area (Å²) >= 11 is 0. The van der Waals surface area contributed by atoms with E-state index in [-0.39, 0.29) is 11.4 Å². The smallest absolute Gasteiger partial charge is 0.406 e. The molecule has 0 saturated carbocycles. The van der Waals surface area contributed by atoms with Gasteiger partial charge in [0.05, 0.1) is 12.7 Å². The summed E-state index contributed by atoms with van der Waals surface area (Å²) < 4.78 is 42.1. The van der Waals surface area contributed by atoms with Gasteiger partial charge in [0.1, 0.15) is 5.75 Å². The van der Waals surface area contributed by atoms with E-state index in [0.29, 0.717) is 6.54 Å². The second-order valence-electron chi connectivity index (χ2n) is 5.32. The molecule has 3 aromatic rings. The molecule has 1 heterocycles. The average Bonchev–Trinajstić information content (AvgIpc) is 3.03. The molecule has 0 aliphatic carbocycles. The maximum absolute atomic E-state index is 12.3. The number of rotatable bonds is 5. The molecule has 134 valence electrons. The number of anilines is 1. The van der Waals surface area contributed by atoms with Crippen molar-refractivity contribution >= 4 is 11.6 Å². The van der Waals surface area contributed by atoms with Gasteiger partial charge in [0, 0.05) is 11.8 Å². The standard InChI is InChI=1S/C17H13F3N4O2/c18-17(19,20)26-14-8-4-7-13(9-14)21-16(25)15-11-24(23-22-15)10-12-5-2-1-3-6-12/h1-9,11H,10H2,(H,21,25). The van der Waals surface area contributed by atoms with Gasteiger partial charge in [-0.05, 0) is 17.7 Å².